The Morgan fingerprint density at radius 2 is 2.17 bits per heavy atom. The van der Waals surface area contributed by atoms with Gasteiger partial charge in [-0.1, -0.05) is 25.5 Å². The highest BCUT2D eigenvalue weighted by atomic mass is 32.1. The zero-order chi connectivity index (χ0) is 13.0. The predicted octanol–water partition coefficient (Wildman–Crippen LogP) is 3.66. The Labute approximate surface area is 113 Å². The molecule has 0 aromatic carbocycles. The Hall–Kier alpha value is -1.16. The van der Waals surface area contributed by atoms with Crippen molar-refractivity contribution in [3.8, 4) is 0 Å². The third kappa shape index (κ3) is 3.19. The maximum absolute atomic E-state index is 4.21. The monoisotopic (exact) mass is 263 g/mol. The van der Waals surface area contributed by atoms with Crippen LogP contribution in [-0.2, 0) is 19.4 Å². The van der Waals surface area contributed by atoms with Gasteiger partial charge < -0.3 is 0 Å². The lowest BCUT2D eigenvalue weighted by Crippen LogP contribution is -1.96. The van der Waals surface area contributed by atoms with Crippen molar-refractivity contribution in [2.24, 2.45) is 0 Å². The van der Waals surface area contributed by atoms with Gasteiger partial charge in [0, 0.05) is 28.9 Å². The summed E-state index contributed by atoms with van der Waals surface area (Å²) in [6.07, 6.45) is 5.45. The van der Waals surface area contributed by atoms with E-state index in [2.05, 4.69) is 49.4 Å². The van der Waals surface area contributed by atoms with Crippen LogP contribution in [0.1, 0.15) is 48.6 Å². The molecule has 0 aliphatic heterocycles. The minimum Gasteiger partial charge on any atom is -0.253 e. The van der Waals surface area contributed by atoms with Crippen molar-refractivity contribution in [3.63, 3.8) is 0 Å². The number of aromatic nitrogens is 3. The second-order valence-electron chi connectivity index (χ2n) is 4.72. The molecular weight excluding hydrogens is 242 g/mol. The van der Waals surface area contributed by atoms with Crippen molar-refractivity contribution in [1.82, 2.24) is 15.0 Å². The van der Waals surface area contributed by atoms with Crippen LogP contribution in [0.2, 0.25) is 0 Å². The average molecular weight is 263 g/mol. The van der Waals surface area contributed by atoms with E-state index in [1.165, 1.54) is 22.6 Å². The third-order valence-electron chi connectivity index (χ3n) is 3.09. The molecule has 3 nitrogen and oxygen atoms in total. The van der Waals surface area contributed by atoms with E-state index in [4.69, 9.17) is 0 Å². The van der Waals surface area contributed by atoms with Crippen LogP contribution < -0.4 is 0 Å². The molecule has 1 unspecified atom stereocenters. The van der Waals surface area contributed by atoms with E-state index in [0.29, 0.717) is 5.92 Å². The first-order valence-electron chi connectivity index (χ1n) is 6.70. The van der Waals surface area contributed by atoms with Crippen LogP contribution in [0.5, 0.6) is 0 Å². The Kier molecular flexibility index (Phi) is 4.53. The number of rotatable bonds is 6. The third-order valence-corrected chi connectivity index (χ3v) is 4.47. The molecule has 0 bridgehead atoms. The summed E-state index contributed by atoms with van der Waals surface area (Å²) in [6.45, 7) is 7.47. The highest BCUT2D eigenvalue weighted by molar-refractivity contribution is 7.12. The summed E-state index contributed by atoms with van der Waals surface area (Å²) in [5, 5.41) is 8.30. The predicted molar refractivity (Wildman–Crippen MR) is 76.1 cm³/mol. The molecule has 0 N–H and O–H groups in total. The van der Waals surface area contributed by atoms with Crippen molar-refractivity contribution in [2.45, 2.75) is 52.5 Å². The van der Waals surface area contributed by atoms with Crippen LogP contribution in [0.15, 0.2) is 18.3 Å². The molecule has 0 radical (unpaired) electrons. The van der Waals surface area contributed by atoms with Crippen molar-refractivity contribution in [3.05, 3.63) is 33.8 Å². The van der Waals surface area contributed by atoms with E-state index in [1.807, 2.05) is 16.0 Å². The fourth-order valence-corrected chi connectivity index (χ4v) is 3.21. The summed E-state index contributed by atoms with van der Waals surface area (Å²) in [4.78, 5) is 2.96. The first kappa shape index (κ1) is 13.3. The number of thiophene rings is 1. The maximum atomic E-state index is 4.21. The molecule has 18 heavy (non-hydrogen) atoms. The van der Waals surface area contributed by atoms with E-state index >= 15 is 0 Å². The van der Waals surface area contributed by atoms with Gasteiger partial charge in [-0.3, -0.25) is 4.68 Å². The Balaban J connectivity index is 1.99. The molecule has 0 spiro atoms. The van der Waals surface area contributed by atoms with E-state index in [1.54, 1.807) is 0 Å². The van der Waals surface area contributed by atoms with Crippen LogP contribution in [0, 0.1) is 0 Å². The molecule has 0 aliphatic carbocycles. The Morgan fingerprint density at radius 3 is 2.83 bits per heavy atom. The average Bonchev–Trinajstić information content (AvgIpc) is 2.98. The van der Waals surface area contributed by atoms with E-state index in [-0.39, 0.29) is 0 Å². The van der Waals surface area contributed by atoms with Gasteiger partial charge in [-0.25, -0.2) is 0 Å². The lowest BCUT2D eigenvalue weighted by atomic mass is 10.0. The normalized spacial score (nSPS) is 12.8. The zero-order valence-electron chi connectivity index (χ0n) is 11.4. The quantitative estimate of drug-likeness (QED) is 0.796. The molecule has 0 fully saturated rings. The maximum Gasteiger partial charge on any atom is 0.0833 e. The van der Waals surface area contributed by atoms with Gasteiger partial charge in [-0.05, 0) is 31.4 Å². The van der Waals surface area contributed by atoms with Gasteiger partial charge in [-0.2, -0.15) is 0 Å². The van der Waals surface area contributed by atoms with Crippen molar-refractivity contribution >= 4 is 11.3 Å². The SMILES string of the molecule is CCCc1ccc(C(C)Cc2cn(CC)nn2)s1. The van der Waals surface area contributed by atoms with Crippen molar-refractivity contribution < 1.29 is 0 Å². The van der Waals surface area contributed by atoms with Crippen LogP contribution in [0.3, 0.4) is 0 Å². The van der Waals surface area contributed by atoms with Gasteiger partial charge in [0.2, 0.25) is 0 Å². The number of aryl methyl sites for hydroxylation is 2. The highest BCUT2D eigenvalue weighted by Crippen LogP contribution is 2.27. The van der Waals surface area contributed by atoms with E-state index < -0.39 is 0 Å². The smallest absolute Gasteiger partial charge is 0.0833 e. The molecule has 0 saturated carbocycles. The molecular formula is C14H21N3S. The van der Waals surface area contributed by atoms with Crippen LogP contribution in [-0.4, -0.2) is 15.0 Å². The first-order chi connectivity index (χ1) is 8.72. The minimum absolute atomic E-state index is 0.530. The summed E-state index contributed by atoms with van der Waals surface area (Å²) in [6, 6.07) is 4.54. The summed E-state index contributed by atoms with van der Waals surface area (Å²) in [5.74, 6) is 0.530. The number of hydrogen-bond donors (Lipinski definition) is 0. The van der Waals surface area contributed by atoms with Crippen molar-refractivity contribution in [1.29, 1.82) is 0 Å². The second-order valence-corrected chi connectivity index (χ2v) is 5.92. The molecule has 2 aromatic heterocycles. The van der Waals surface area contributed by atoms with Gasteiger partial charge in [0.05, 0.1) is 5.69 Å². The Morgan fingerprint density at radius 1 is 1.33 bits per heavy atom. The van der Waals surface area contributed by atoms with Crippen LogP contribution in [0.25, 0.3) is 0 Å². The van der Waals surface area contributed by atoms with E-state index in [9.17, 15) is 0 Å². The van der Waals surface area contributed by atoms with Gasteiger partial charge in [0.15, 0.2) is 0 Å². The highest BCUT2D eigenvalue weighted by Gasteiger charge is 2.11. The molecule has 2 aromatic rings. The van der Waals surface area contributed by atoms with Crippen LogP contribution >= 0.6 is 11.3 Å². The molecule has 98 valence electrons. The van der Waals surface area contributed by atoms with Gasteiger partial charge in [0.25, 0.3) is 0 Å². The molecule has 2 rings (SSSR count). The Bertz CT molecular complexity index is 487. The van der Waals surface area contributed by atoms with E-state index in [0.717, 1.165) is 18.7 Å². The molecule has 0 aliphatic rings. The van der Waals surface area contributed by atoms with Crippen molar-refractivity contribution in [2.75, 3.05) is 0 Å². The molecule has 1 atom stereocenters. The molecule has 0 saturated heterocycles. The molecule has 0 amide bonds. The summed E-state index contributed by atoms with van der Waals surface area (Å²) >= 11 is 1.94. The fourth-order valence-electron chi connectivity index (χ4n) is 2.04. The summed E-state index contributed by atoms with van der Waals surface area (Å²) < 4.78 is 1.89. The largest absolute Gasteiger partial charge is 0.253 e. The minimum atomic E-state index is 0.530. The number of nitrogens with zero attached hydrogens (tertiary/aromatic N) is 3. The van der Waals surface area contributed by atoms with Gasteiger partial charge in [0.1, 0.15) is 0 Å². The van der Waals surface area contributed by atoms with Gasteiger partial charge in [-0.15, -0.1) is 16.4 Å². The topological polar surface area (TPSA) is 30.7 Å². The first-order valence-corrected chi connectivity index (χ1v) is 7.52. The van der Waals surface area contributed by atoms with Gasteiger partial charge >= 0.3 is 0 Å². The molecule has 4 heteroatoms. The lowest BCUT2D eigenvalue weighted by Gasteiger charge is -2.06. The van der Waals surface area contributed by atoms with Crippen LogP contribution in [0.4, 0.5) is 0 Å². The summed E-state index contributed by atoms with van der Waals surface area (Å²) in [5.41, 5.74) is 1.09. The summed E-state index contributed by atoms with van der Waals surface area (Å²) in [7, 11) is 0. The standard InChI is InChI=1S/C14H21N3S/c1-4-6-13-7-8-14(18-13)11(3)9-12-10-17(5-2)16-15-12/h7-8,10-11H,4-6,9H2,1-3H3. The molecule has 2 heterocycles. The number of hydrogen-bond acceptors (Lipinski definition) is 3. The zero-order valence-corrected chi connectivity index (χ0v) is 12.2. The fraction of sp³-hybridized carbons (Fsp3) is 0.571. The lowest BCUT2D eigenvalue weighted by molar-refractivity contribution is 0.626. The second kappa shape index (κ2) is 6.14.